The summed E-state index contributed by atoms with van der Waals surface area (Å²) in [6.45, 7) is 1.68. The molecule has 1 aromatic heterocycles. The number of aromatic nitrogens is 1. The standard InChI is InChI=1S/C11H8ClN3O/c1-8(16)14-4-2-3-9-5-10(6-13)11(12)15-7-9/h5,7H,4H2,1H3,(H,14,16). The zero-order chi connectivity index (χ0) is 12.0. The normalized spacial score (nSPS) is 8.56. The number of rotatable bonds is 1. The van der Waals surface area contributed by atoms with Gasteiger partial charge in [0.25, 0.3) is 0 Å². The summed E-state index contributed by atoms with van der Waals surface area (Å²) in [5.74, 6) is 5.36. The Labute approximate surface area is 98.2 Å². The van der Waals surface area contributed by atoms with Crippen LogP contribution < -0.4 is 5.32 Å². The first-order valence-electron chi connectivity index (χ1n) is 4.42. The molecule has 0 aliphatic heterocycles. The summed E-state index contributed by atoms with van der Waals surface area (Å²) < 4.78 is 0. The lowest BCUT2D eigenvalue weighted by atomic mass is 10.2. The van der Waals surface area contributed by atoms with Crippen molar-refractivity contribution in [1.29, 1.82) is 5.26 Å². The van der Waals surface area contributed by atoms with E-state index < -0.39 is 0 Å². The number of nitrogens with zero attached hydrogens (tertiary/aromatic N) is 2. The highest BCUT2D eigenvalue weighted by Gasteiger charge is 2.00. The van der Waals surface area contributed by atoms with Crippen LogP contribution in [0.4, 0.5) is 0 Å². The van der Waals surface area contributed by atoms with Crippen LogP contribution in [0.25, 0.3) is 0 Å². The first-order valence-corrected chi connectivity index (χ1v) is 4.80. The number of hydrogen-bond donors (Lipinski definition) is 1. The number of nitrogens with one attached hydrogen (secondary N) is 1. The third kappa shape index (κ3) is 3.61. The van der Waals surface area contributed by atoms with Crippen LogP contribution in [-0.2, 0) is 4.79 Å². The highest BCUT2D eigenvalue weighted by atomic mass is 35.5. The summed E-state index contributed by atoms with van der Waals surface area (Å²) in [6, 6.07) is 3.46. The third-order valence-electron chi connectivity index (χ3n) is 1.62. The summed E-state index contributed by atoms with van der Waals surface area (Å²) in [6.07, 6.45) is 1.48. The van der Waals surface area contributed by atoms with E-state index in [1.165, 1.54) is 13.1 Å². The molecule has 1 amide bonds. The molecule has 0 radical (unpaired) electrons. The number of amides is 1. The van der Waals surface area contributed by atoms with E-state index in [-0.39, 0.29) is 23.2 Å². The van der Waals surface area contributed by atoms with Crippen molar-refractivity contribution in [3.05, 3.63) is 28.5 Å². The van der Waals surface area contributed by atoms with Crippen molar-refractivity contribution in [3.8, 4) is 17.9 Å². The summed E-state index contributed by atoms with van der Waals surface area (Å²) in [5.41, 5.74) is 0.874. The monoisotopic (exact) mass is 233 g/mol. The molecule has 0 unspecified atom stereocenters. The Morgan fingerprint density at radius 3 is 3.06 bits per heavy atom. The van der Waals surface area contributed by atoms with Gasteiger partial charge in [0.2, 0.25) is 5.91 Å². The van der Waals surface area contributed by atoms with Gasteiger partial charge in [-0.2, -0.15) is 5.26 Å². The van der Waals surface area contributed by atoms with Gasteiger partial charge in [0, 0.05) is 18.7 Å². The van der Waals surface area contributed by atoms with Crippen molar-refractivity contribution in [3.63, 3.8) is 0 Å². The fourth-order valence-electron chi connectivity index (χ4n) is 0.910. The van der Waals surface area contributed by atoms with Gasteiger partial charge in [0.05, 0.1) is 12.1 Å². The van der Waals surface area contributed by atoms with E-state index in [1.54, 1.807) is 6.07 Å². The summed E-state index contributed by atoms with van der Waals surface area (Å²) in [5, 5.41) is 11.4. The van der Waals surface area contributed by atoms with E-state index in [2.05, 4.69) is 22.1 Å². The molecule has 4 nitrogen and oxygen atoms in total. The molecule has 80 valence electrons. The molecule has 1 rings (SSSR count). The maximum absolute atomic E-state index is 10.5. The number of halogens is 1. The van der Waals surface area contributed by atoms with Crippen LogP contribution in [0.5, 0.6) is 0 Å². The van der Waals surface area contributed by atoms with Gasteiger partial charge < -0.3 is 5.32 Å². The predicted molar refractivity (Wildman–Crippen MR) is 59.5 cm³/mol. The minimum absolute atomic E-state index is 0.138. The number of carbonyl (C=O) groups excluding carboxylic acids is 1. The molecule has 0 saturated heterocycles. The molecule has 0 saturated carbocycles. The largest absolute Gasteiger partial charge is 0.345 e. The predicted octanol–water partition coefficient (Wildman–Crippen LogP) is 1.09. The van der Waals surface area contributed by atoms with Gasteiger partial charge in [-0.1, -0.05) is 23.4 Å². The van der Waals surface area contributed by atoms with Gasteiger partial charge in [-0.05, 0) is 6.07 Å². The average Bonchev–Trinajstić information content (AvgIpc) is 2.26. The highest BCUT2D eigenvalue weighted by Crippen LogP contribution is 2.11. The number of pyridine rings is 1. The lowest BCUT2D eigenvalue weighted by Gasteiger charge is -1.94. The Balaban J connectivity index is 2.75. The quantitative estimate of drug-likeness (QED) is 0.583. The SMILES string of the molecule is CC(=O)NCC#Cc1cnc(Cl)c(C#N)c1. The van der Waals surface area contributed by atoms with Crippen molar-refractivity contribution in [2.24, 2.45) is 0 Å². The minimum atomic E-state index is -0.138. The lowest BCUT2D eigenvalue weighted by molar-refractivity contribution is -0.118. The van der Waals surface area contributed by atoms with Crippen LogP contribution in [0.15, 0.2) is 12.3 Å². The molecule has 5 heteroatoms. The average molecular weight is 234 g/mol. The van der Waals surface area contributed by atoms with Crippen LogP contribution in [0.2, 0.25) is 5.15 Å². The van der Waals surface area contributed by atoms with Crippen LogP contribution in [0, 0.1) is 23.2 Å². The molecule has 1 N–H and O–H groups in total. The smallest absolute Gasteiger partial charge is 0.217 e. The topological polar surface area (TPSA) is 65.8 Å². The van der Waals surface area contributed by atoms with Gasteiger partial charge in [-0.25, -0.2) is 4.98 Å². The Morgan fingerprint density at radius 2 is 2.44 bits per heavy atom. The first-order chi connectivity index (χ1) is 7.63. The second kappa shape index (κ2) is 5.75. The maximum atomic E-state index is 10.5. The molecule has 0 aliphatic carbocycles. The summed E-state index contributed by atoms with van der Waals surface area (Å²) >= 11 is 5.66. The minimum Gasteiger partial charge on any atom is -0.345 e. The molecule has 1 heterocycles. The van der Waals surface area contributed by atoms with Crippen molar-refractivity contribution < 1.29 is 4.79 Å². The second-order valence-corrected chi connectivity index (χ2v) is 3.24. The second-order valence-electron chi connectivity index (χ2n) is 2.89. The third-order valence-corrected chi connectivity index (χ3v) is 1.92. The number of hydrogen-bond acceptors (Lipinski definition) is 3. The molecular formula is C11H8ClN3O. The first kappa shape index (κ1) is 12.0. The van der Waals surface area contributed by atoms with Crippen molar-refractivity contribution in [2.45, 2.75) is 6.92 Å². The van der Waals surface area contributed by atoms with Crippen LogP contribution in [0.3, 0.4) is 0 Å². The van der Waals surface area contributed by atoms with E-state index in [0.717, 1.165) is 0 Å². The lowest BCUT2D eigenvalue weighted by Crippen LogP contribution is -2.19. The van der Waals surface area contributed by atoms with Crippen LogP contribution in [0.1, 0.15) is 18.1 Å². The summed E-state index contributed by atoms with van der Waals surface area (Å²) in [4.78, 5) is 14.4. The fourth-order valence-corrected chi connectivity index (χ4v) is 1.06. The van der Waals surface area contributed by atoms with E-state index in [4.69, 9.17) is 16.9 Å². The Kier molecular flexibility index (Phi) is 4.32. The van der Waals surface area contributed by atoms with Crippen LogP contribution >= 0.6 is 11.6 Å². The number of carbonyl (C=O) groups is 1. The van der Waals surface area contributed by atoms with Crippen LogP contribution in [-0.4, -0.2) is 17.4 Å². The fraction of sp³-hybridized carbons (Fsp3) is 0.182. The van der Waals surface area contributed by atoms with E-state index in [9.17, 15) is 4.79 Å². The molecule has 16 heavy (non-hydrogen) atoms. The molecule has 0 atom stereocenters. The van der Waals surface area contributed by atoms with Gasteiger partial charge in [-0.3, -0.25) is 4.79 Å². The highest BCUT2D eigenvalue weighted by molar-refractivity contribution is 6.30. The molecule has 0 aromatic carbocycles. The summed E-state index contributed by atoms with van der Waals surface area (Å²) in [7, 11) is 0. The molecule has 0 spiro atoms. The van der Waals surface area contributed by atoms with Crippen molar-refractivity contribution in [2.75, 3.05) is 6.54 Å². The van der Waals surface area contributed by atoms with E-state index in [0.29, 0.717) is 5.56 Å². The Bertz CT molecular complexity index is 508. The molecule has 0 fully saturated rings. The molecule has 0 bridgehead atoms. The van der Waals surface area contributed by atoms with Crippen molar-refractivity contribution >= 4 is 17.5 Å². The Hall–Kier alpha value is -2.04. The van der Waals surface area contributed by atoms with Gasteiger partial charge in [0.1, 0.15) is 11.2 Å². The number of nitriles is 1. The molecule has 0 aliphatic rings. The van der Waals surface area contributed by atoms with Crippen molar-refractivity contribution in [1.82, 2.24) is 10.3 Å². The zero-order valence-corrected chi connectivity index (χ0v) is 9.30. The maximum Gasteiger partial charge on any atom is 0.217 e. The van der Waals surface area contributed by atoms with E-state index >= 15 is 0 Å². The molecular weight excluding hydrogens is 226 g/mol. The van der Waals surface area contributed by atoms with E-state index in [1.807, 2.05) is 6.07 Å². The van der Waals surface area contributed by atoms with Gasteiger partial charge in [0.15, 0.2) is 0 Å². The van der Waals surface area contributed by atoms with Gasteiger partial charge in [-0.15, -0.1) is 0 Å². The van der Waals surface area contributed by atoms with Gasteiger partial charge >= 0.3 is 0 Å². The zero-order valence-electron chi connectivity index (χ0n) is 8.54. The molecule has 1 aromatic rings. The Morgan fingerprint density at radius 1 is 1.69 bits per heavy atom.